The van der Waals surface area contributed by atoms with Crippen LogP contribution in [0.1, 0.15) is 45.1 Å². The molecule has 2 aliphatic heterocycles. The standard InChI is InChI=1S/C20H28N2O2/c1-15(23)21-11-9-17(10-12-21)19(24)22-13-18(20(2,3)14-22)16-7-5-4-6-8-16/h4-8,17-18H,9-14H2,1-3H3/t18-/m0/s1. The van der Waals surface area contributed by atoms with Crippen molar-refractivity contribution in [1.82, 2.24) is 9.80 Å². The molecule has 2 amide bonds. The maximum atomic E-state index is 13.0. The monoisotopic (exact) mass is 328 g/mol. The van der Waals surface area contributed by atoms with Gasteiger partial charge in [0.2, 0.25) is 11.8 Å². The molecule has 4 heteroatoms. The molecule has 1 aromatic rings. The van der Waals surface area contributed by atoms with Gasteiger partial charge in [0.05, 0.1) is 0 Å². The molecular weight excluding hydrogens is 300 g/mol. The second kappa shape index (κ2) is 6.58. The minimum Gasteiger partial charge on any atom is -0.343 e. The van der Waals surface area contributed by atoms with Gasteiger partial charge in [-0.05, 0) is 23.8 Å². The van der Waals surface area contributed by atoms with E-state index in [4.69, 9.17) is 0 Å². The fraction of sp³-hybridized carbons (Fsp3) is 0.600. The van der Waals surface area contributed by atoms with Crippen LogP contribution in [0, 0.1) is 11.3 Å². The minimum atomic E-state index is 0.0749. The van der Waals surface area contributed by atoms with Crippen LogP contribution in [0.2, 0.25) is 0 Å². The van der Waals surface area contributed by atoms with Gasteiger partial charge in [0.15, 0.2) is 0 Å². The van der Waals surface area contributed by atoms with E-state index in [1.807, 2.05) is 11.0 Å². The third kappa shape index (κ3) is 3.33. The summed E-state index contributed by atoms with van der Waals surface area (Å²) in [7, 11) is 0. The van der Waals surface area contributed by atoms with Crippen molar-refractivity contribution < 1.29 is 9.59 Å². The predicted molar refractivity (Wildman–Crippen MR) is 94.5 cm³/mol. The Hall–Kier alpha value is -1.84. The van der Waals surface area contributed by atoms with E-state index in [0.29, 0.717) is 19.0 Å². The van der Waals surface area contributed by atoms with E-state index in [0.717, 1.165) is 25.9 Å². The fourth-order valence-corrected chi connectivity index (χ4v) is 4.24. The molecule has 0 aliphatic carbocycles. The van der Waals surface area contributed by atoms with Crippen LogP contribution in [0.5, 0.6) is 0 Å². The number of nitrogens with zero attached hydrogens (tertiary/aromatic N) is 2. The Kier molecular flexibility index (Phi) is 4.66. The highest BCUT2D eigenvalue weighted by Crippen LogP contribution is 2.43. The van der Waals surface area contributed by atoms with E-state index < -0.39 is 0 Å². The van der Waals surface area contributed by atoms with Gasteiger partial charge in [0, 0.05) is 44.9 Å². The van der Waals surface area contributed by atoms with Crippen LogP contribution in [0.15, 0.2) is 30.3 Å². The van der Waals surface area contributed by atoms with Crippen molar-refractivity contribution in [3.63, 3.8) is 0 Å². The molecule has 2 heterocycles. The zero-order valence-corrected chi connectivity index (χ0v) is 15.0. The lowest BCUT2D eigenvalue weighted by atomic mass is 9.78. The number of carbonyl (C=O) groups excluding carboxylic acids is 2. The number of amides is 2. The summed E-state index contributed by atoms with van der Waals surface area (Å²) in [6, 6.07) is 10.5. The van der Waals surface area contributed by atoms with Crippen LogP contribution < -0.4 is 0 Å². The third-order valence-electron chi connectivity index (χ3n) is 5.75. The number of carbonyl (C=O) groups is 2. The molecule has 0 bridgehead atoms. The van der Waals surface area contributed by atoms with Crippen LogP contribution in [0.4, 0.5) is 0 Å². The number of hydrogen-bond donors (Lipinski definition) is 0. The van der Waals surface area contributed by atoms with E-state index >= 15 is 0 Å². The van der Waals surface area contributed by atoms with E-state index in [1.165, 1.54) is 5.56 Å². The highest BCUT2D eigenvalue weighted by atomic mass is 16.2. The second-order valence-electron chi connectivity index (χ2n) is 7.95. The SMILES string of the molecule is CC(=O)N1CCC(C(=O)N2C[C@@H](c3ccccc3)C(C)(C)C2)CC1. The van der Waals surface area contributed by atoms with Gasteiger partial charge < -0.3 is 9.80 Å². The maximum absolute atomic E-state index is 13.0. The topological polar surface area (TPSA) is 40.6 Å². The van der Waals surface area contributed by atoms with Crippen LogP contribution in [0.3, 0.4) is 0 Å². The average molecular weight is 328 g/mol. The van der Waals surface area contributed by atoms with Crippen LogP contribution in [0.25, 0.3) is 0 Å². The average Bonchev–Trinajstić information content (AvgIpc) is 2.90. The van der Waals surface area contributed by atoms with Gasteiger partial charge in [-0.25, -0.2) is 0 Å². The van der Waals surface area contributed by atoms with Crippen LogP contribution in [-0.4, -0.2) is 47.8 Å². The normalized spacial score (nSPS) is 24.2. The molecule has 4 nitrogen and oxygen atoms in total. The molecule has 24 heavy (non-hydrogen) atoms. The van der Waals surface area contributed by atoms with Gasteiger partial charge in [-0.1, -0.05) is 44.2 Å². The van der Waals surface area contributed by atoms with Crippen LogP contribution in [-0.2, 0) is 9.59 Å². The number of rotatable bonds is 2. The van der Waals surface area contributed by atoms with Gasteiger partial charge in [-0.2, -0.15) is 0 Å². The predicted octanol–water partition coefficient (Wildman–Crippen LogP) is 2.90. The van der Waals surface area contributed by atoms with Gasteiger partial charge in [0.25, 0.3) is 0 Å². The molecule has 0 N–H and O–H groups in total. The summed E-state index contributed by atoms with van der Waals surface area (Å²) in [5.74, 6) is 0.864. The zero-order valence-electron chi connectivity index (χ0n) is 15.0. The first-order valence-corrected chi connectivity index (χ1v) is 8.98. The Balaban J connectivity index is 1.66. The number of hydrogen-bond acceptors (Lipinski definition) is 2. The molecule has 0 aromatic heterocycles. The first-order valence-electron chi connectivity index (χ1n) is 8.98. The summed E-state index contributed by atoms with van der Waals surface area (Å²) in [4.78, 5) is 28.3. The summed E-state index contributed by atoms with van der Waals surface area (Å²) in [5.41, 5.74) is 1.42. The van der Waals surface area contributed by atoms with Crippen molar-refractivity contribution in [3.8, 4) is 0 Å². The van der Waals surface area contributed by atoms with E-state index in [9.17, 15) is 9.59 Å². The highest BCUT2D eigenvalue weighted by Gasteiger charge is 2.43. The first kappa shape index (κ1) is 17.0. The minimum absolute atomic E-state index is 0.0749. The Labute approximate surface area is 144 Å². The molecule has 130 valence electrons. The summed E-state index contributed by atoms with van der Waals surface area (Å²) in [6.07, 6.45) is 1.59. The van der Waals surface area contributed by atoms with E-state index in [1.54, 1.807) is 6.92 Å². The van der Waals surface area contributed by atoms with Crippen molar-refractivity contribution in [2.75, 3.05) is 26.2 Å². The number of piperidine rings is 1. The largest absolute Gasteiger partial charge is 0.343 e. The van der Waals surface area contributed by atoms with Gasteiger partial charge in [-0.15, -0.1) is 0 Å². The maximum Gasteiger partial charge on any atom is 0.225 e. The quantitative estimate of drug-likeness (QED) is 0.837. The molecule has 0 spiro atoms. The van der Waals surface area contributed by atoms with E-state index in [2.05, 4.69) is 43.0 Å². The third-order valence-corrected chi connectivity index (χ3v) is 5.75. The Morgan fingerprint density at radius 2 is 1.67 bits per heavy atom. The molecule has 0 radical (unpaired) electrons. The molecule has 0 saturated carbocycles. The number of benzene rings is 1. The van der Waals surface area contributed by atoms with Crippen molar-refractivity contribution in [2.24, 2.45) is 11.3 Å². The number of likely N-dealkylation sites (tertiary alicyclic amines) is 2. The van der Waals surface area contributed by atoms with Crippen molar-refractivity contribution in [3.05, 3.63) is 35.9 Å². The summed E-state index contributed by atoms with van der Waals surface area (Å²) < 4.78 is 0. The summed E-state index contributed by atoms with van der Waals surface area (Å²) >= 11 is 0. The summed E-state index contributed by atoms with van der Waals surface area (Å²) in [6.45, 7) is 9.18. The lowest BCUT2D eigenvalue weighted by molar-refractivity contribution is -0.139. The lowest BCUT2D eigenvalue weighted by Crippen LogP contribution is -2.43. The fourth-order valence-electron chi connectivity index (χ4n) is 4.24. The first-order chi connectivity index (χ1) is 11.4. The van der Waals surface area contributed by atoms with Gasteiger partial charge >= 0.3 is 0 Å². The molecular formula is C20H28N2O2. The molecule has 2 fully saturated rings. The van der Waals surface area contributed by atoms with Crippen molar-refractivity contribution >= 4 is 11.8 Å². The Morgan fingerprint density at radius 1 is 1.04 bits per heavy atom. The summed E-state index contributed by atoms with van der Waals surface area (Å²) in [5, 5.41) is 0. The van der Waals surface area contributed by atoms with E-state index in [-0.39, 0.29) is 23.1 Å². The molecule has 2 aliphatic rings. The molecule has 3 rings (SSSR count). The Bertz CT molecular complexity index is 603. The molecule has 0 unspecified atom stereocenters. The van der Waals surface area contributed by atoms with Crippen molar-refractivity contribution in [1.29, 1.82) is 0 Å². The Morgan fingerprint density at radius 3 is 2.25 bits per heavy atom. The van der Waals surface area contributed by atoms with Crippen molar-refractivity contribution in [2.45, 2.75) is 39.5 Å². The zero-order chi connectivity index (χ0) is 17.3. The van der Waals surface area contributed by atoms with Crippen LogP contribution >= 0.6 is 0 Å². The lowest BCUT2D eigenvalue weighted by Gasteiger charge is -2.32. The molecule has 1 atom stereocenters. The second-order valence-corrected chi connectivity index (χ2v) is 7.95. The molecule has 2 saturated heterocycles. The highest BCUT2D eigenvalue weighted by molar-refractivity contribution is 5.80. The van der Waals surface area contributed by atoms with Gasteiger partial charge in [0.1, 0.15) is 0 Å². The smallest absolute Gasteiger partial charge is 0.225 e. The van der Waals surface area contributed by atoms with Gasteiger partial charge in [-0.3, -0.25) is 9.59 Å². The molecule has 1 aromatic carbocycles.